The summed E-state index contributed by atoms with van der Waals surface area (Å²) in [6.07, 6.45) is 4.91. The third kappa shape index (κ3) is 3.22. The van der Waals surface area contributed by atoms with Crippen LogP contribution in [0.4, 0.5) is 0 Å². The van der Waals surface area contributed by atoms with Crippen LogP contribution in [0.3, 0.4) is 0 Å². The van der Waals surface area contributed by atoms with E-state index >= 15 is 0 Å². The molecule has 0 aliphatic heterocycles. The second kappa shape index (κ2) is 6.84. The molecule has 4 heteroatoms. The normalized spacial score (nSPS) is 12.7. The summed E-state index contributed by atoms with van der Waals surface area (Å²) >= 11 is 0. The van der Waals surface area contributed by atoms with E-state index in [-0.39, 0.29) is 0 Å². The molecular formula is C19H23N3O. The highest BCUT2D eigenvalue weighted by Gasteiger charge is 2.17. The molecule has 0 saturated heterocycles. The van der Waals surface area contributed by atoms with Crippen LogP contribution in [0, 0.1) is 0 Å². The lowest BCUT2D eigenvalue weighted by Gasteiger charge is -2.28. The van der Waals surface area contributed by atoms with E-state index in [0.29, 0.717) is 6.04 Å². The maximum atomic E-state index is 5.36. The summed E-state index contributed by atoms with van der Waals surface area (Å²) in [5.74, 6) is 0.908. The zero-order chi connectivity index (χ0) is 16.2. The van der Waals surface area contributed by atoms with E-state index in [0.717, 1.165) is 24.4 Å². The summed E-state index contributed by atoms with van der Waals surface area (Å²) < 4.78 is 7.51. The lowest BCUT2D eigenvalue weighted by molar-refractivity contribution is 0.226. The summed E-state index contributed by atoms with van der Waals surface area (Å²) in [7, 11) is 3.88. The number of nitrogens with zero attached hydrogens (tertiary/aromatic N) is 3. The largest absolute Gasteiger partial charge is 0.497 e. The fourth-order valence-electron chi connectivity index (χ4n) is 3.15. The third-order valence-electron chi connectivity index (χ3n) is 4.32. The Morgan fingerprint density at radius 3 is 2.83 bits per heavy atom. The van der Waals surface area contributed by atoms with Gasteiger partial charge in [-0.3, -0.25) is 4.90 Å². The molecule has 0 saturated carbocycles. The van der Waals surface area contributed by atoms with Crippen LogP contribution >= 0.6 is 0 Å². The summed E-state index contributed by atoms with van der Waals surface area (Å²) in [6.45, 7) is 3.09. The number of hydrogen-bond donors (Lipinski definition) is 0. The second-order valence-electron chi connectivity index (χ2n) is 5.79. The van der Waals surface area contributed by atoms with Gasteiger partial charge in [0.1, 0.15) is 11.4 Å². The van der Waals surface area contributed by atoms with Crippen molar-refractivity contribution >= 4 is 5.65 Å². The highest BCUT2D eigenvalue weighted by Crippen LogP contribution is 2.27. The average molecular weight is 309 g/mol. The van der Waals surface area contributed by atoms with Crippen molar-refractivity contribution in [3.8, 4) is 5.75 Å². The van der Waals surface area contributed by atoms with Crippen molar-refractivity contribution in [1.29, 1.82) is 0 Å². The van der Waals surface area contributed by atoms with Crippen molar-refractivity contribution in [2.75, 3.05) is 14.2 Å². The van der Waals surface area contributed by atoms with Crippen molar-refractivity contribution in [3.63, 3.8) is 0 Å². The predicted octanol–water partition coefficient (Wildman–Crippen LogP) is 3.93. The Balaban J connectivity index is 1.85. The van der Waals surface area contributed by atoms with Gasteiger partial charge in [-0.2, -0.15) is 0 Å². The number of pyridine rings is 1. The van der Waals surface area contributed by atoms with E-state index in [9.17, 15) is 0 Å². The molecule has 0 aliphatic rings. The smallest absolute Gasteiger partial charge is 0.136 e. The maximum Gasteiger partial charge on any atom is 0.136 e. The fourth-order valence-corrected chi connectivity index (χ4v) is 3.15. The Kier molecular flexibility index (Phi) is 4.63. The van der Waals surface area contributed by atoms with E-state index in [4.69, 9.17) is 4.74 Å². The zero-order valence-corrected chi connectivity index (χ0v) is 13.9. The van der Waals surface area contributed by atoms with Gasteiger partial charge >= 0.3 is 0 Å². The highest BCUT2D eigenvalue weighted by atomic mass is 16.5. The topological polar surface area (TPSA) is 29.8 Å². The standard InChI is InChI=1S/C19H23N3O/c1-4-18(15-7-5-9-17(13-15)23-3)21(2)14-16-8-6-10-19-20-11-12-22(16)19/h5-13,18H,4,14H2,1-3H3. The number of ether oxygens (including phenoxy) is 1. The number of fused-ring (bicyclic) bond motifs is 1. The number of hydrogen-bond acceptors (Lipinski definition) is 3. The minimum Gasteiger partial charge on any atom is -0.497 e. The first kappa shape index (κ1) is 15.6. The van der Waals surface area contributed by atoms with Crippen LogP contribution in [-0.4, -0.2) is 28.4 Å². The molecule has 0 aliphatic carbocycles. The van der Waals surface area contributed by atoms with Gasteiger partial charge in [-0.1, -0.05) is 25.1 Å². The molecule has 2 heterocycles. The van der Waals surface area contributed by atoms with Crippen molar-refractivity contribution in [2.45, 2.75) is 25.9 Å². The molecule has 1 aromatic carbocycles. The van der Waals surface area contributed by atoms with Gasteiger partial charge in [0.05, 0.1) is 7.11 Å². The van der Waals surface area contributed by atoms with Crippen LogP contribution < -0.4 is 4.74 Å². The first-order valence-electron chi connectivity index (χ1n) is 7.98. The molecule has 1 unspecified atom stereocenters. The molecule has 0 N–H and O–H groups in total. The molecule has 0 spiro atoms. The van der Waals surface area contributed by atoms with Crippen molar-refractivity contribution in [2.24, 2.45) is 0 Å². The van der Waals surface area contributed by atoms with Gasteiger partial charge in [0.15, 0.2) is 0 Å². The number of benzene rings is 1. The molecule has 4 nitrogen and oxygen atoms in total. The summed E-state index contributed by atoms with van der Waals surface area (Å²) in [5.41, 5.74) is 3.52. The van der Waals surface area contributed by atoms with E-state index in [1.54, 1.807) is 7.11 Å². The number of rotatable bonds is 6. The molecule has 0 fully saturated rings. The molecular weight excluding hydrogens is 286 g/mol. The van der Waals surface area contributed by atoms with Crippen LogP contribution in [0.1, 0.15) is 30.6 Å². The Morgan fingerprint density at radius 1 is 1.22 bits per heavy atom. The quantitative estimate of drug-likeness (QED) is 0.691. The molecule has 120 valence electrons. The first-order valence-corrected chi connectivity index (χ1v) is 7.98. The Morgan fingerprint density at radius 2 is 2.04 bits per heavy atom. The van der Waals surface area contributed by atoms with Gasteiger partial charge in [-0.05, 0) is 43.3 Å². The second-order valence-corrected chi connectivity index (χ2v) is 5.79. The van der Waals surface area contributed by atoms with Crippen molar-refractivity contribution < 1.29 is 4.74 Å². The van der Waals surface area contributed by atoms with Gasteiger partial charge in [0.25, 0.3) is 0 Å². The summed E-state index contributed by atoms with van der Waals surface area (Å²) in [6, 6.07) is 14.9. The zero-order valence-electron chi connectivity index (χ0n) is 13.9. The molecule has 0 bridgehead atoms. The van der Waals surface area contributed by atoms with Gasteiger partial charge in [-0.15, -0.1) is 0 Å². The van der Waals surface area contributed by atoms with Crippen LogP contribution in [0.15, 0.2) is 54.9 Å². The molecule has 0 amide bonds. The number of imidazole rings is 1. The van der Waals surface area contributed by atoms with Gasteiger partial charge in [-0.25, -0.2) is 4.98 Å². The number of methoxy groups -OCH3 is 1. The monoisotopic (exact) mass is 309 g/mol. The van der Waals surface area contributed by atoms with Gasteiger partial charge in [0, 0.05) is 30.7 Å². The third-order valence-corrected chi connectivity index (χ3v) is 4.32. The van der Waals surface area contributed by atoms with Crippen molar-refractivity contribution in [3.05, 3.63) is 66.1 Å². The maximum absolute atomic E-state index is 5.36. The lowest BCUT2D eigenvalue weighted by atomic mass is 10.0. The average Bonchev–Trinajstić information content (AvgIpc) is 3.05. The molecule has 2 aromatic heterocycles. The van der Waals surface area contributed by atoms with E-state index < -0.39 is 0 Å². The van der Waals surface area contributed by atoms with Crippen LogP contribution in [0.5, 0.6) is 5.75 Å². The molecule has 0 radical (unpaired) electrons. The molecule has 3 rings (SSSR count). The Hall–Kier alpha value is -2.33. The Bertz CT molecular complexity index is 781. The van der Waals surface area contributed by atoms with Crippen molar-refractivity contribution in [1.82, 2.24) is 14.3 Å². The van der Waals surface area contributed by atoms with E-state index in [2.05, 4.69) is 58.6 Å². The minimum absolute atomic E-state index is 0.351. The van der Waals surface area contributed by atoms with Crippen LogP contribution in [0.25, 0.3) is 5.65 Å². The predicted molar refractivity (Wildman–Crippen MR) is 92.7 cm³/mol. The summed E-state index contributed by atoms with van der Waals surface area (Å²) in [4.78, 5) is 6.74. The molecule has 1 atom stereocenters. The van der Waals surface area contributed by atoms with E-state index in [1.165, 1.54) is 11.3 Å². The minimum atomic E-state index is 0.351. The van der Waals surface area contributed by atoms with Gasteiger partial charge in [0.2, 0.25) is 0 Å². The Labute approximate surface area is 137 Å². The van der Waals surface area contributed by atoms with Gasteiger partial charge < -0.3 is 9.14 Å². The number of aromatic nitrogens is 2. The molecule has 23 heavy (non-hydrogen) atoms. The van der Waals surface area contributed by atoms with E-state index in [1.807, 2.05) is 24.5 Å². The SMILES string of the molecule is CCC(c1cccc(OC)c1)N(C)Cc1cccc2nccn12. The summed E-state index contributed by atoms with van der Waals surface area (Å²) in [5, 5.41) is 0. The highest BCUT2D eigenvalue weighted by molar-refractivity contribution is 5.39. The first-order chi connectivity index (χ1) is 11.2. The van der Waals surface area contributed by atoms with Crippen LogP contribution in [0.2, 0.25) is 0 Å². The van der Waals surface area contributed by atoms with Crippen LogP contribution in [-0.2, 0) is 6.54 Å². The lowest BCUT2D eigenvalue weighted by Crippen LogP contribution is -2.24. The fraction of sp³-hybridized carbons (Fsp3) is 0.316. The molecule has 3 aromatic rings.